The Labute approximate surface area is 155 Å². The fraction of sp³-hybridized carbons (Fsp3) is 0.737. The number of halogens is 3. The highest BCUT2D eigenvalue weighted by molar-refractivity contribution is 5.15. The average Bonchev–Trinajstić information content (AvgIpc) is 2.91. The Morgan fingerprint density at radius 3 is 2.31 bits per heavy atom. The van der Waals surface area contributed by atoms with Crippen LogP contribution in [0.3, 0.4) is 0 Å². The van der Waals surface area contributed by atoms with Crippen molar-refractivity contribution in [2.75, 3.05) is 6.54 Å². The first-order chi connectivity index (χ1) is 11.7. The molecular formula is C19H33F3N4. The molecule has 0 radical (unpaired) electrons. The van der Waals surface area contributed by atoms with E-state index in [0.29, 0.717) is 13.0 Å². The van der Waals surface area contributed by atoms with Gasteiger partial charge in [-0.25, -0.2) is 5.84 Å². The Kier molecular flexibility index (Phi) is 7.33. The topological polar surface area (TPSA) is 47.1 Å². The smallest absolute Gasteiger partial charge is 0.309 e. The molecule has 1 heterocycles. The quantitative estimate of drug-likeness (QED) is 0.513. The van der Waals surface area contributed by atoms with Gasteiger partial charge >= 0.3 is 6.18 Å². The van der Waals surface area contributed by atoms with E-state index < -0.39 is 12.7 Å². The molecule has 7 heteroatoms. The molecule has 0 unspecified atom stereocenters. The summed E-state index contributed by atoms with van der Waals surface area (Å²) in [7, 11) is 0. The van der Waals surface area contributed by atoms with Crippen molar-refractivity contribution in [3.63, 3.8) is 0 Å². The maximum atomic E-state index is 12.5. The zero-order chi connectivity index (χ0) is 20.2. The second-order valence-corrected chi connectivity index (χ2v) is 8.57. The molecule has 0 aromatic carbocycles. The van der Waals surface area contributed by atoms with Crippen molar-refractivity contribution in [2.24, 2.45) is 11.3 Å². The summed E-state index contributed by atoms with van der Waals surface area (Å²) in [6.07, 6.45) is 3.39. The summed E-state index contributed by atoms with van der Waals surface area (Å²) in [6, 6.07) is 0. The highest BCUT2D eigenvalue weighted by Crippen LogP contribution is 2.34. The van der Waals surface area contributed by atoms with Crippen molar-refractivity contribution in [3.05, 3.63) is 29.7 Å². The van der Waals surface area contributed by atoms with Gasteiger partial charge in [-0.15, -0.1) is 0 Å². The van der Waals surface area contributed by atoms with E-state index in [9.17, 15) is 13.2 Å². The Bertz CT molecular complexity index is 595. The predicted octanol–water partition coefficient (Wildman–Crippen LogP) is 5.02. The molecular weight excluding hydrogens is 341 g/mol. The summed E-state index contributed by atoms with van der Waals surface area (Å²) < 4.78 is 39.5. The monoisotopic (exact) mass is 374 g/mol. The molecule has 0 aliphatic rings. The first-order valence-electron chi connectivity index (χ1n) is 9.07. The molecule has 1 aromatic heterocycles. The minimum absolute atomic E-state index is 0.0404. The fourth-order valence-electron chi connectivity index (χ4n) is 2.73. The van der Waals surface area contributed by atoms with Gasteiger partial charge in [-0.2, -0.15) is 18.3 Å². The summed E-state index contributed by atoms with van der Waals surface area (Å²) in [4.78, 5) is 0. The van der Waals surface area contributed by atoms with Gasteiger partial charge in [0.1, 0.15) is 6.54 Å². The van der Waals surface area contributed by atoms with E-state index in [0.717, 1.165) is 29.0 Å². The summed E-state index contributed by atoms with van der Waals surface area (Å²) in [6.45, 7) is 12.1. The molecule has 0 aliphatic heterocycles. The lowest BCUT2D eigenvalue weighted by Crippen LogP contribution is -2.36. The van der Waals surface area contributed by atoms with Crippen LogP contribution in [0.25, 0.3) is 0 Å². The van der Waals surface area contributed by atoms with Crippen LogP contribution in [0.2, 0.25) is 0 Å². The average molecular weight is 374 g/mol. The predicted molar refractivity (Wildman–Crippen MR) is 99.3 cm³/mol. The number of nitrogens with two attached hydrogens (primary N) is 1. The van der Waals surface area contributed by atoms with E-state index in [1.807, 2.05) is 37.8 Å². The summed E-state index contributed by atoms with van der Waals surface area (Å²) in [5.74, 6) is 5.57. The van der Waals surface area contributed by atoms with E-state index in [2.05, 4.69) is 25.9 Å². The Balaban J connectivity index is 2.84. The fourth-order valence-corrected chi connectivity index (χ4v) is 2.73. The van der Waals surface area contributed by atoms with E-state index >= 15 is 0 Å². The van der Waals surface area contributed by atoms with Crippen molar-refractivity contribution in [1.29, 1.82) is 0 Å². The van der Waals surface area contributed by atoms with Gasteiger partial charge in [0.05, 0.1) is 6.20 Å². The largest absolute Gasteiger partial charge is 0.407 e. The molecule has 0 saturated carbocycles. The van der Waals surface area contributed by atoms with Gasteiger partial charge in [-0.1, -0.05) is 48.0 Å². The number of aryl methyl sites for hydroxylation is 1. The highest BCUT2D eigenvalue weighted by atomic mass is 19.4. The normalized spacial score (nSPS) is 14.0. The lowest BCUT2D eigenvalue weighted by atomic mass is 9.79. The van der Waals surface area contributed by atoms with Gasteiger partial charge in [0.15, 0.2) is 0 Å². The molecule has 0 spiro atoms. The third kappa shape index (κ3) is 7.40. The van der Waals surface area contributed by atoms with Crippen LogP contribution in [-0.4, -0.2) is 27.5 Å². The SMILES string of the molecule is CCC/C(=C\N(N)CC(F)(F)F)C(C)(C)CCn1cc(C(C)(C)C)cn1. The maximum absolute atomic E-state index is 12.5. The van der Waals surface area contributed by atoms with Crippen LogP contribution in [0.5, 0.6) is 0 Å². The van der Waals surface area contributed by atoms with Gasteiger partial charge in [-0.05, 0) is 34.8 Å². The lowest BCUT2D eigenvalue weighted by Gasteiger charge is -2.30. The second kappa shape index (κ2) is 8.46. The molecule has 1 rings (SSSR count). The first-order valence-corrected chi connectivity index (χ1v) is 9.07. The van der Waals surface area contributed by atoms with Crippen LogP contribution in [0, 0.1) is 5.41 Å². The lowest BCUT2D eigenvalue weighted by molar-refractivity contribution is -0.140. The van der Waals surface area contributed by atoms with Gasteiger partial charge in [0.2, 0.25) is 0 Å². The number of hydrogen-bond donors (Lipinski definition) is 1. The van der Waals surface area contributed by atoms with Crippen LogP contribution < -0.4 is 5.84 Å². The molecule has 4 nitrogen and oxygen atoms in total. The highest BCUT2D eigenvalue weighted by Gasteiger charge is 2.30. The van der Waals surface area contributed by atoms with Crippen molar-refractivity contribution >= 4 is 0 Å². The number of nitrogens with zero attached hydrogens (tertiary/aromatic N) is 3. The number of rotatable bonds is 8. The summed E-state index contributed by atoms with van der Waals surface area (Å²) in [5, 5.41) is 5.16. The van der Waals surface area contributed by atoms with E-state index in [-0.39, 0.29) is 10.8 Å². The molecule has 0 fully saturated rings. The maximum Gasteiger partial charge on any atom is 0.407 e. The minimum Gasteiger partial charge on any atom is -0.309 e. The molecule has 0 atom stereocenters. The van der Waals surface area contributed by atoms with Gasteiger partial charge in [-0.3, -0.25) is 4.68 Å². The third-order valence-electron chi connectivity index (χ3n) is 4.54. The van der Waals surface area contributed by atoms with Gasteiger partial charge in [0.25, 0.3) is 0 Å². The molecule has 0 aliphatic carbocycles. The molecule has 0 amide bonds. The van der Waals surface area contributed by atoms with E-state index in [4.69, 9.17) is 5.84 Å². The van der Waals surface area contributed by atoms with Crippen LogP contribution in [-0.2, 0) is 12.0 Å². The van der Waals surface area contributed by atoms with Crippen LogP contribution >= 0.6 is 0 Å². The zero-order valence-electron chi connectivity index (χ0n) is 16.8. The third-order valence-corrected chi connectivity index (χ3v) is 4.54. The molecule has 0 saturated heterocycles. The van der Waals surface area contributed by atoms with Crippen molar-refractivity contribution in [3.8, 4) is 0 Å². The van der Waals surface area contributed by atoms with Crippen LogP contribution in [0.15, 0.2) is 24.2 Å². The van der Waals surface area contributed by atoms with Crippen LogP contribution in [0.1, 0.15) is 66.4 Å². The Hall–Kier alpha value is -1.50. The Morgan fingerprint density at radius 2 is 1.85 bits per heavy atom. The van der Waals surface area contributed by atoms with Crippen molar-refractivity contribution in [2.45, 2.75) is 78.9 Å². The minimum atomic E-state index is -4.31. The summed E-state index contributed by atoms with van der Waals surface area (Å²) in [5.41, 5.74) is 1.86. The zero-order valence-corrected chi connectivity index (χ0v) is 16.8. The Morgan fingerprint density at radius 1 is 1.23 bits per heavy atom. The number of aromatic nitrogens is 2. The molecule has 150 valence electrons. The number of allylic oxidation sites excluding steroid dienone is 1. The van der Waals surface area contributed by atoms with E-state index in [1.165, 1.54) is 6.20 Å². The number of hydrazine groups is 1. The van der Waals surface area contributed by atoms with E-state index in [1.54, 1.807) is 0 Å². The van der Waals surface area contributed by atoms with Gasteiger partial charge < -0.3 is 5.01 Å². The van der Waals surface area contributed by atoms with Crippen LogP contribution in [0.4, 0.5) is 13.2 Å². The molecule has 26 heavy (non-hydrogen) atoms. The standard InChI is InChI=1S/C19H33F3N4/c1-7-8-15(12-25(23)14-19(20,21)22)18(5,6)9-10-26-13-16(11-24-26)17(2,3)4/h11-13H,7-10,14,23H2,1-6H3/b15-12+. The molecule has 1 aromatic rings. The molecule has 0 bridgehead atoms. The van der Waals surface area contributed by atoms with Crippen molar-refractivity contribution < 1.29 is 13.2 Å². The van der Waals surface area contributed by atoms with Gasteiger partial charge in [0, 0.05) is 18.9 Å². The molecule has 2 N–H and O–H groups in total. The van der Waals surface area contributed by atoms with Crippen molar-refractivity contribution in [1.82, 2.24) is 14.8 Å². The number of alkyl halides is 3. The second-order valence-electron chi connectivity index (χ2n) is 8.57. The number of hydrogen-bond acceptors (Lipinski definition) is 3. The summed E-state index contributed by atoms with van der Waals surface area (Å²) >= 11 is 0. The first kappa shape index (κ1) is 22.5.